The molecule has 0 spiro atoms. The lowest BCUT2D eigenvalue weighted by molar-refractivity contribution is 0.0246. The molecular weight excluding hydrogens is 240 g/mol. The van der Waals surface area contributed by atoms with Crippen LogP contribution in [-0.4, -0.2) is 28.1 Å². The zero-order chi connectivity index (χ0) is 13.7. The number of carbonyl (C=O) groups excluding carboxylic acids is 1. The van der Waals surface area contributed by atoms with Gasteiger partial charge in [-0.05, 0) is 31.9 Å². The topological polar surface area (TPSA) is 62.2 Å². The van der Waals surface area contributed by atoms with Crippen molar-refractivity contribution < 1.29 is 9.90 Å². The quantitative estimate of drug-likeness (QED) is 0.821. The van der Waals surface area contributed by atoms with E-state index < -0.39 is 5.60 Å². The minimum Gasteiger partial charge on any atom is -0.388 e. The van der Waals surface area contributed by atoms with Crippen LogP contribution in [0.3, 0.4) is 0 Å². The fourth-order valence-electron chi connectivity index (χ4n) is 2.60. The smallest absolute Gasteiger partial charge is 0.251 e. The molecule has 4 heteroatoms. The van der Waals surface area contributed by atoms with E-state index in [1.807, 2.05) is 6.92 Å². The van der Waals surface area contributed by atoms with Crippen LogP contribution in [0.25, 0.3) is 0 Å². The van der Waals surface area contributed by atoms with E-state index in [2.05, 4.69) is 10.3 Å². The predicted octanol–water partition coefficient (Wildman–Crippen LogP) is 2.21. The van der Waals surface area contributed by atoms with Crippen molar-refractivity contribution in [2.45, 2.75) is 51.0 Å². The van der Waals surface area contributed by atoms with E-state index in [1.54, 1.807) is 18.3 Å². The summed E-state index contributed by atoms with van der Waals surface area (Å²) in [5.74, 6) is -0.136. The first kappa shape index (κ1) is 14.0. The standard InChI is InChI=1S/C15H22N2O2/c1-12-10-13(6-9-16-12)14(18)17-11-15(19)7-4-2-3-5-8-15/h6,9-10,19H,2-5,7-8,11H2,1H3,(H,17,18). The molecular formula is C15H22N2O2. The van der Waals surface area contributed by atoms with Crippen molar-refractivity contribution in [2.24, 2.45) is 0 Å². The fraction of sp³-hybridized carbons (Fsp3) is 0.600. The Balaban J connectivity index is 1.92. The predicted molar refractivity (Wildman–Crippen MR) is 74.0 cm³/mol. The number of rotatable bonds is 3. The highest BCUT2D eigenvalue weighted by molar-refractivity contribution is 5.94. The van der Waals surface area contributed by atoms with Gasteiger partial charge in [0.25, 0.3) is 5.91 Å². The minimum absolute atomic E-state index is 0.136. The van der Waals surface area contributed by atoms with Gasteiger partial charge in [0.2, 0.25) is 0 Å². The molecule has 1 heterocycles. The summed E-state index contributed by atoms with van der Waals surface area (Å²) in [6.45, 7) is 2.20. The minimum atomic E-state index is -0.728. The van der Waals surface area contributed by atoms with Crippen molar-refractivity contribution in [1.82, 2.24) is 10.3 Å². The van der Waals surface area contributed by atoms with Crippen LogP contribution >= 0.6 is 0 Å². The summed E-state index contributed by atoms with van der Waals surface area (Å²) in [7, 11) is 0. The van der Waals surface area contributed by atoms with Crippen LogP contribution in [0.15, 0.2) is 18.3 Å². The van der Waals surface area contributed by atoms with Crippen molar-refractivity contribution in [3.63, 3.8) is 0 Å². The molecule has 1 aliphatic carbocycles. The normalized spacial score (nSPS) is 18.6. The number of carbonyl (C=O) groups is 1. The number of aliphatic hydroxyl groups is 1. The molecule has 0 aliphatic heterocycles. The summed E-state index contributed by atoms with van der Waals surface area (Å²) in [6.07, 6.45) is 7.64. The Labute approximate surface area is 114 Å². The number of nitrogens with zero attached hydrogens (tertiary/aromatic N) is 1. The second-order valence-corrected chi connectivity index (χ2v) is 5.51. The van der Waals surface area contributed by atoms with Crippen LogP contribution in [0.4, 0.5) is 0 Å². The molecule has 1 aromatic rings. The molecule has 0 aromatic carbocycles. The molecule has 0 radical (unpaired) electrons. The molecule has 4 nitrogen and oxygen atoms in total. The molecule has 1 fully saturated rings. The summed E-state index contributed by atoms with van der Waals surface area (Å²) in [4.78, 5) is 16.1. The van der Waals surface area contributed by atoms with E-state index in [4.69, 9.17) is 0 Å². The number of aromatic nitrogens is 1. The largest absolute Gasteiger partial charge is 0.388 e. The van der Waals surface area contributed by atoms with E-state index in [1.165, 1.54) is 12.8 Å². The van der Waals surface area contributed by atoms with Gasteiger partial charge in [0.15, 0.2) is 0 Å². The maximum Gasteiger partial charge on any atom is 0.251 e. The fourth-order valence-corrected chi connectivity index (χ4v) is 2.60. The first-order valence-corrected chi connectivity index (χ1v) is 7.02. The van der Waals surface area contributed by atoms with Crippen LogP contribution in [0.1, 0.15) is 54.6 Å². The van der Waals surface area contributed by atoms with Gasteiger partial charge in [-0.15, -0.1) is 0 Å². The molecule has 1 amide bonds. The van der Waals surface area contributed by atoms with E-state index in [0.717, 1.165) is 31.4 Å². The van der Waals surface area contributed by atoms with Crippen LogP contribution < -0.4 is 5.32 Å². The van der Waals surface area contributed by atoms with E-state index in [-0.39, 0.29) is 5.91 Å². The second-order valence-electron chi connectivity index (χ2n) is 5.51. The Bertz CT molecular complexity index is 438. The highest BCUT2D eigenvalue weighted by Crippen LogP contribution is 2.26. The molecule has 1 aromatic heterocycles. The molecule has 0 saturated heterocycles. The Morgan fingerprint density at radius 3 is 2.68 bits per heavy atom. The molecule has 1 saturated carbocycles. The van der Waals surface area contributed by atoms with Gasteiger partial charge >= 0.3 is 0 Å². The first-order valence-electron chi connectivity index (χ1n) is 7.02. The van der Waals surface area contributed by atoms with Crippen LogP contribution in [-0.2, 0) is 0 Å². The zero-order valence-corrected chi connectivity index (χ0v) is 11.5. The molecule has 0 unspecified atom stereocenters. The SMILES string of the molecule is Cc1cc(C(=O)NCC2(O)CCCCCC2)ccn1. The number of hydrogen-bond acceptors (Lipinski definition) is 3. The van der Waals surface area contributed by atoms with Gasteiger partial charge in [0.1, 0.15) is 0 Å². The number of amides is 1. The molecule has 0 bridgehead atoms. The van der Waals surface area contributed by atoms with Crippen LogP contribution in [0.5, 0.6) is 0 Å². The molecule has 2 N–H and O–H groups in total. The van der Waals surface area contributed by atoms with E-state index in [0.29, 0.717) is 12.1 Å². The molecule has 19 heavy (non-hydrogen) atoms. The van der Waals surface area contributed by atoms with Gasteiger partial charge in [-0.3, -0.25) is 9.78 Å². The Kier molecular flexibility index (Phi) is 4.53. The average molecular weight is 262 g/mol. The summed E-state index contributed by atoms with van der Waals surface area (Å²) in [5.41, 5.74) is 0.694. The second kappa shape index (κ2) is 6.15. The van der Waals surface area contributed by atoms with Crippen molar-refractivity contribution in [2.75, 3.05) is 6.54 Å². The lowest BCUT2D eigenvalue weighted by Gasteiger charge is -2.26. The van der Waals surface area contributed by atoms with Gasteiger partial charge in [-0.25, -0.2) is 0 Å². The number of aryl methyl sites for hydroxylation is 1. The summed E-state index contributed by atoms with van der Waals surface area (Å²) in [5, 5.41) is 13.3. The highest BCUT2D eigenvalue weighted by Gasteiger charge is 2.28. The van der Waals surface area contributed by atoms with Gasteiger partial charge in [-0.1, -0.05) is 25.7 Å². The van der Waals surface area contributed by atoms with Crippen molar-refractivity contribution in [1.29, 1.82) is 0 Å². The van der Waals surface area contributed by atoms with Crippen molar-refractivity contribution in [3.8, 4) is 0 Å². The number of pyridine rings is 1. The lowest BCUT2D eigenvalue weighted by Crippen LogP contribution is -2.42. The van der Waals surface area contributed by atoms with Gasteiger partial charge in [-0.2, -0.15) is 0 Å². The Morgan fingerprint density at radius 1 is 1.37 bits per heavy atom. The zero-order valence-electron chi connectivity index (χ0n) is 11.5. The maximum atomic E-state index is 12.0. The number of nitrogens with one attached hydrogen (secondary N) is 1. The summed E-state index contributed by atoms with van der Waals surface area (Å²) < 4.78 is 0. The van der Waals surface area contributed by atoms with Crippen molar-refractivity contribution in [3.05, 3.63) is 29.6 Å². The highest BCUT2D eigenvalue weighted by atomic mass is 16.3. The third-order valence-corrected chi connectivity index (χ3v) is 3.77. The molecule has 104 valence electrons. The van der Waals surface area contributed by atoms with E-state index >= 15 is 0 Å². The third-order valence-electron chi connectivity index (χ3n) is 3.77. The van der Waals surface area contributed by atoms with Gasteiger partial charge in [0.05, 0.1) is 5.60 Å². The van der Waals surface area contributed by atoms with Crippen LogP contribution in [0.2, 0.25) is 0 Å². The molecule has 1 aliphatic rings. The lowest BCUT2D eigenvalue weighted by atomic mass is 9.94. The monoisotopic (exact) mass is 262 g/mol. The first-order chi connectivity index (χ1) is 9.09. The van der Waals surface area contributed by atoms with Crippen LogP contribution in [0, 0.1) is 6.92 Å². The maximum absolute atomic E-state index is 12.0. The van der Waals surface area contributed by atoms with Crippen molar-refractivity contribution >= 4 is 5.91 Å². The number of hydrogen-bond donors (Lipinski definition) is 2. The van der Waals surface area contributed by atoms with Gasteiger partial charge < -0.3 is 10.4 Å². The summed E-state index contributed by atoms with van der Waals surface area (Å²) >= 11 is 0. The Hall–Kier alpha value is -1.42. The third kappa shape index (κ3) is 4.03. The average Bonchev–Trinajstić information content (AvgIpc) is 2.61. The van der Waals surface area contributed by atoms with E-state index in [9.17, 15) is 9.90 Å². The van der Waals surface area contributed by atoms with Gasteiger partial charge in [0, 0.05) is 24.0 Å². The molecule has 2 rings (SSSR count). The Morgan fingerprint density at radius 2 is 2.05 bits per heavy atom. The molecule has 0 atom stereocenters. The summed E-state index contributed by atoms with van der Waals surface area (Å²) in [6, 6.07) is 3.45.